The van der Waals surface area contributed by atoms with Crippen LogP contribution in [0.3, 0.4) is 0 Å². The number of allylic oxidation sites excluding steroid dienone is 1. The second-order valence-corrected chi connectivity index (χ2v) is 8.65. The SMILES string of the molecule is CCN(CC)c1ccc(/C=C/C2=[N+](C)c3ccccc3C23CCCCC3)c(C)c1. The molecule has 1 fully saturated rings. The van der Waals surface area contributed by atoms with Crippen molar-refractivity contribution in [3.63, 3.8) is 0 Å². The van der Waals surface area contributed by atoms with Crippen molar-refractivity contribution in [1.82, 2.24) is 0 Å². The molecule has 0 saturated heterocycles. The van der Waals surface area contributed by atoms with Crippen molar-refractivity contribution in [2.75, 3.05) is 25.0 Å². The van der Waals surface area contributed by atoms with Crippen LogP contribution in [0.5, 0.6) is 0 Å². The molecule has 152 valence electrons. The summed E-state index contributed by atoms with van der Waals surface area (Å²) >= 11 is 0. The summed E-state index contributed by atoms with van der Waals surface area (Å²) in [6.07, 6.45) is 11.3. The van der Waals surface area contributed by atoms with Crippen LogP contribution in [-0.4, -0.2) is 30.4 Å². The Morgan fingerprint density at radius 3 is 2.38 bits per heavy atom. The molecule has 0 unspecified atom stereocenters. The Balaban J connectivity index is 1.70. The van der Waals surface area contributed by atoms with Crippen molar-refractivity contribution in [1.29, 1.82) is 0 Å². The van der Waals surface area contributed by atoms with E-state index in [4.69, 9.17) is 0 Å². The second-order valence-electron chi connectivity index (χ2n) is 8.65. The molecule has 1 saturated carbocycles. The smallest absolute Gasteiger partial charge is 0.209 e. The summed E-state index contributed by atoms with van der Waals surface area (Å²) in [6, 6.07) is 15.9. The molecule has 4 rings (SSSR count). The molecule has 2 aliphatic rings. The number of para-hydroxylation sites is 1. The molecular formula is C27H35N2+. The van der Waals surface area contributed by atoms with E-state index in [9.17, 15) is 0 Å². The highest BCUT2D eigenvalue weighted by Gasteiger charge is 2.50. The fourth-order valence-corrected chi connectivity index (χ4v) is 5.51. The van der Waals surface area contributed by atoms with Crippen LogP contribution in [0.25, 0.3) is 6.08 Å². The highest BCUT2D eigenvalue weighted by molar-refractivity contribution is 6.06. The molecule has 0 bridgehead atoms. The number of rotatable bonds is 5. The van der Waals surface area contributed by atoms with Crippen LogP contribution in [-0.2, 0) is 5.41 Å². The first-order valence-corrected chi connectivity index (χ1v) is 11.3. The minimum atomic E-state index is 0.204. The zero-order valence-corrected chi connectivity index (χ0v) is 18.5. The summed E-state index contributed by atoms with van der Waals surface area (Å²) in [4.78, 5) is 2.41. The summed E-state index contributed by atoms with van der Waals surface area (Å²) in [5.41, 5.74) is 8.61. The van der Waals surface area contributed by atoms with E-state index >= 15 is 0 Å². The molecule has 2 nitrogen and oxygen atoms in total. The summed E-state index contributed by atoms with van der Waals surface area (Å²) in [6.45, 7) is 8.78. The Labute approximate surface area is 176 Å². The predicted octanol–water partition coefficient (Wildman–Crippen LogP) is 6.48. The number of hydrogen-bond acceptors (Lipinski definition) is 1. The van der Waals surface area contributed by atoms with Crippen molar-refractivity contribution < 1.29 is 4.58 Å². The first-order chi connectivity index (χ1) is 14.1. The maximum Gasteiger partial charge on any atom is 0.209 e. The lowest BCUT2D eigenvalue weighted by molar-refractivity contribution is -0.401. The Kier molecular flexibility index (Phi) is 5.63. The first kappa shape index (κ1) is 19.9. The fourth-order valence-electron chi connectivity index (χ4n) is 5.51. The summed E-state index contributed by atoms with van der Waals surface area (Å²) < 4.78 is 2.44. The van der Waals surface area contributed by atoms with Gasteiger partial charge in [0.25, 0.3) is 0 Å². The minimum absolute atomic E-state index is 0.204. The number of nitrogens with zero attached hydrogens (tertiary/aromatic N) is 2. The number of fused-ring (bicyclic) bond motifs is 2. The van der Waals surface area contributed by atoms with Gasteiger partial charge in [-0.2, -0.15) is 4.58 Å². The van der Waals surface area contributed by atoms with Gasteiger partial charge < -0.3 is 4.90 Å². The molecule has 1 aliphatic carbocycles. The Hall–Kier alpha value is -2.35. The van der Waals surface area contributed by atoms with Crippen molar-refractivity contribution >= 4 is 23.2 Å². The molecule has 2 heteroatoms. The van der Waals surface area contributed by atoms with Gasteiger partial charge in [-0.25, -0.2) is 0 Å². The summed E-state index contributed by atoms with van der Waals surface area (Å²) in [5, 5.41) is 0. The van der Waals surface area contributed by atoms with Gasteiger partial charge in [-0.3, -0.25) is 0 Å². The van der Waals surface area contributed by atoms with Crippen LogP contribution < -0.4 is 4.90 Å². The summed E-state index contributed by atoms with van der Waals surface area (Å²) in [5.74, 6) is 0. The molecule has 2 aromatic carbocycles. The Morgan fingerprint density at radius 1 is 0.966 bits per heavy atom. The van der Waals surface area contributed by atoms with E-state index in [2.05, 4.69) is 91.9 Å². The van der Waals surface area contributed by atoms with Gasteiger partial charge in [0.05, 0.1) is 5.41 Å². The van der Waals surface area contributed by atoms with E-state index in [1.54, 1.807) is 0 Å². The lowest BCUT2D eigenvalue weighted by atomic mass is 9.67. The van der Waals surface area contributed by atoms with Gasteiger partial charge in [-0.15, -0.1) is 0 Å². The molecule has 0 atom stereocenters. The number of hydrogen-bond donors (Lipinski definition) is 0. The predicted molar refractivity (Wildman–Crippen MR) is 126 cm³/mol. The standard InChI is InChI=1S/C27H35N2/c1-5-29(6-2)23-16-14-22(21(3)20-23)15-17-26-27(18-10-7-11-19-27)24-12-8-9-13-25(24)28(26)4/h8-9,12-17,20H,5-7,10-11,18-19H2,1-4H3/q+1. The van der Waals surface area contributed by atoms with Crippen LogP contribution in [0.15, 0.2) is 48.5 Å². The van der Waals surface area contributed by atoms with E-state index in [0.29, 0.717) is 0 Å². The summed E-state index contributed by atoms with van der Waals surface area (Å²) in [7, 11) is 2.25. The maximum absolute atomic E-state index is 2.44. The quantitative estimate of drug-likeness (QED) is 0.532. The van der Waals surface area contributed by atoms with Gasteiger partial charge in [0.1, 0.15) is 7.05 Å². The van der Waals surface area contributed by atoms with Gasteiger partial charge in [0.15, 0.2) is 5.71 Å². The van der Waals surface area contributed by atoms with E-state index in [0.717, 1.165) is 13.1 Å². The number of anilines is 1. The third kappa shape index (κ3) is 3.43. The van der Waals surface area contributed by atoms with Gasteiger partial charge in [-0.05, 0) is 62.9 Å². The normalized spacial score (nSPS) is 17.9. The van der Waals surface area contributed by atoms with Crippen LogP contribution in [0.2, 0.25) is 0 Å². The van der Waals surface area contributed by atoms with Crippen molar-refractivity contribution in [3.05, 3.63) is 65.2 Å². The Bertz CT molecular complexity index is 941. The molecule has 0 N–H and O–H groups in total. The molecule has 29 heavy (non-hydrogen) atoms. The van der Waals surface area contributed by atoms with Crippen LogP contribution in [0.1, 0.15) is 62.6 Å². The first-order valence-electron chi connectivity index (χ1n) is 11.3. The molecule has 0 amide bonds. The molecule has 1 aliphatic heterocycles. The van der Waals surface area contributed by atoms with Gasteiger partial charge >= 0.3 is 0 Å². The Morgan fingerprint density at radius 2 is 1.69 bits per heavy atom. The van der Waals surface area contributed by atoms with Gasteiger partial charge in [-0.1, -0.05) is 43.5 Å². The van der Waals surface area contributed by atoms with Crippen molar-refractivity contribution in [2.45, 2.75) is 58.3 Å². The van der Waals surface area contributed by atoms with Crippen molar-refractivity contribution in [2.24, 2.45) is 0 Å². The average molecular weight is 388 g/mol. The van der Waals surface area contributed by atoms with E-state index < -0.39 is 0 Å². The fraction of sp³-hybridized carbons (Fsp3) is 0.444. The molecule has 0 aromatic heterocycles. The molecule has 0 radical (unpaired) electrons. The third-order valence-electron chi connectivity index (χ3n) is 7.14. The van der Waals surface area contributed by atoms with Crippen LogP contribution in [0.4, 0.5) is 11.4 Å². The lowest BCUT2D eigenvalue weighted by Gasteiger charge is -2.31. The maximum atomic E-state index is 2.44. The molecule has 1 spiro atoms. The van der Waals surface area contributed by atoms with Gasteiger partial charge in [0.2, 0.25) is 5.69 Å². The zero-order chi connectivity index (χ0) is 20.4. The zero-order valence-electron chi connectivity index (χ0n) is 18.5. The topological polar surface area (TPSA) is 6.25 Å². The highest BCUT2D eigenvalue weighted by atomic mass is 15.1. The minimum Gasteiger partial charge on any atom is -0.372 e. The van der Waals surface area contributed by atoms with Crippen molar-refractivity contribution in [3.8, 4) is 0 Å². The molecule has 2 aromatic rings. The van der Waals surface area contributed by atoms with E-state index in [1.165, 1.54) is 65.9 Å². The van der Waals surface area contributed by atoms with E-state index in [-0.39, 0.29) is 5.41 Å². The van der Waals surface area contributed by atoms with Gasteiger partial charge in [0, 0.05) is 36.5 Å². The number of aryl methyl sites for hydroxylation is 1. The van der Waals surface area contributed by atoms with Crippen LogP contribution in [0, 0.1) is 6.92 Å². The monoisotopic (exact) mass is 387 g/mol. The lowest BCUT2D eigenvalue weighted by Crippen LogP contribution is -2.36. The second kappa shape index (κ2) is 8.18. The molecule has 1 heterocycles. The highest BCUT2D eigenvalue weighted by Crippen LogP contribution is 2.48. The number of benzene rings is 2. The molecular weight excluding hydrogens is 352 g/mol. The van der Waals surface area contributed by atoms with Crippen LogP contribution >= 0.6 is 0 Å². The average Bonchev–Trinajstić information content (AvgIpc) is 2.97. The largest absolute Gasteiger partial charge is 0.372 e. The van der Waals surface area contributed by atoms with E-state index in [1.807, 2.05) is 0 Å². The third-order valence-corrected chi connectivity index (χ3v) is 7.14.